The van der Waals surface area contributed by atoms with Crippen LogP contribution in [0.5, 0.6) is 0 Å². The van der Waals surface area contributed by atoms with E-state index in [0.29, 0.717) is 12.3 Å². The fraction of sp³-hybridized carbons (Fsp3) is 0.200. The van der Waals surface area contributed by atoms with E-state index in [4.69, 9.17) is 0 Å². The van der Waals surface area contributed by atoms with Gasteiger partial charge in [0.05, 0.1) is 0 Å². The zero-order valence-corrected chi connectivity index (χ0v) is 12.0. The first-order valence-electron chi connectivity index (χ1n) is 6.32. The summed E-state index contributed by atoms with van der Waals surface area (Å²) in [6.07, 6.45) is 5.26. The lowest BCUT2D eigenvalue weighted by Crippen LogP contribution is -2.22. The van der Waals surface area contributed by atoms with Crippen molar-refractivity contribution in [2.24, 2.45) is 0 Å². The van der Waals surface area contributed by atoms with Gasteiger partial charge in [-0.05, 0) is 23.8 Å². The van der Waals surface area contributed by atoms with Crippen LogP contribution in [0.2, 0.25) is 0 Å². The number of benzene rings is 1. The number of fused-ring (bicyclic) bond motifs is 1. The molecule has 1 amide bonds. The molecule has 0 atom stereocenters. The SMILES string of the molecule is CC(=O)NCCSC(=O)/C=C/c1c[nH]c2ccccc12. The van der Waals surface area contributed by atoms with Crippen LogP contribution >= 0.6 is 11.8 Å². The molecule has 1 aromatic heterocycles. The van der Waals surface area contributed by atoms with Gasteiger partial charge in [-0.3, -0.25) is 9.59 Å². The molecule has 2 N–H and O–H groups in total. The van der Waals surface area contributed by atoms with Crippen LogP contribution in [0.1, 0.15) is 12.5 Å². The van der Waals surface area contributed by atoms with Gasteiger partial charge in [0.25, 0.3) is 0 Å². The lowest BCUT2D eigenvalue weighted by molar-refractivity contribution is -0.118. The van der Waals surface area contributed by atoms with Crippen molar-refractivity contribution < 1.29 is 9.59 Å². The Morgan fingerprint density at radius 3 is 2.95 bits per heavy atom. The molecule has 1 heterocycles. The van der Waals surface area contributed by atoms with E-state index in [9.17, 15) is 9.59 Å². The zero-order valence-electron chi connectivity index (χ0n) is 11.2. The summed E-state index contributed by atoms with van der Waals surface area (Å²) in [6, 6.07) is 7.95. The lowest BCUT2D eigenvalue weighted by atomic mass is 10.2. The summed E-state index contributed by atoms with van der Waals surface area (Å²) in [5, 5.41) is 3.74. The van der Waals surface area contributed by atoms with Gasteiger partial charge in [-0.25, -0.2) is 0 Å². The maximum atomic E-state index is 11.7. The third-order valence-corrected chi connectivity index (χ3v) is 3.57. The highest BCUT2D eigenvalue weighted by atomic mass is 32.2. The van der Waals surface area contributed by atoms with Gasteiger partial charge >= 0.3 is 0 Å². The fourth-order valence-corrected chi connectivity index (χ4v) is 2.39. The fourth-order valence-electron chi connectivity index (χ4n) is 1.82. The van der Waals surface area contributed by atoms with Crippen molar-refractivity contribution in [2.75, 3.05) is 12.3 Å². The third kappa shape index (κ3) is 3.99. The number of para-hydroxylation sites is 1. The standard InChI is InChI=1S/C15H16N2O2S/c1-11(18)16-8-9-20-15(19)7-6-12-10-17-14-5-3-2-4-13(12)14/h2-7,10,17H,8-9H2,1H3,(H,16,18)/b7-6+. The number of hydrogen-bond donors (Lipinski definition) is 2. The van der Waals surface area contributed by atoms with Crippen LogP contribution in [-0.4, -0.2) is 28.3 Å². The van der Waals surface area contributed by atoms with Crippen molar-refractivity contribution in [3.05, 3.63) is 42.1 Å². The van der Waals surface area contributed by atoms with E-state index in [1.165, 1.54) is 18.7 Å². The summed E-state index contributed by atoms with van der Waals surface area (Å²) in [5.41, 5.74) is 2.05. The van der Waals surface area contributed by atoms with Crippen LogP contribution < -0.4 is 5.32 Å². The lowest BCUT2D eigenvalue weighted by Gasteiger charge is -1.98. The normalized spacial score (nSPS) is 11.1. The quantitative estimate of drug-likeness (QED) is 0.656. The monoisotopic (exact) mass is 288 g/mol. The number of H-pyrrole nitrogens is 1. The molecule has 0 unspecified atom stereocenters. The average molecular weight is 288 g/mol. The minimum Gasteiger partial charge on any atom is -0.361 e. The number of hydrogen-bond acceptors (Lipinski definition) is 3. The van der Waals surface area contributed by atoms with Gasteiger partial charge in [0.1, 0.15) is 0 Å². The van der Waals surface area contributed by atoms with Gasteiger partial charge in [0.2, 0.25) is 11.0 Å². The second-order valence-corrected chi connectivity index (χ2v) is 5.37. The Morgan fingerprint density at radius 2 is 2.15 bits per heavy atom. The summed E-state index contributed by atoms with van der Waals surface area (Å²) in [7, 11) is 0. The summed E-state index contributed by atoms with van der Waals surface area (Å²) in [4.78, 5) is 25.5. The van der Waals surface area contributed by atoms with Crippen LogP contribution in [0.4, 0.5) is 0 Å². The van der Waals surface area contributed by atoms with E-state index in [1.807, 2.05) is 36.5 Å². The minimum absolute atomic E-state index is 0.0133. The molecule has 0 aliphatic rings. The Hall–Kier alpha value is -2.01. The van der Waals surface area contributed by atoms with Crippen LogP contribution in [0.3, 0.4) is 0 Å². The minimum atomic E-state index is -0.0765. The van der Waals surface area contributed by atoms with E-state index in [1.54, 1.807) is 6.08 Å². The molecule has 0 spiro atoms. The Kier molecular flexibility index (Phi) is 5.01. The van der Waals surface area contributed by atoms with E-state index < -0.39 is 0 Å². The van der Waals surface area contributed by atoms with E-state index >= 15 is 0 Å². The van der Waals surface area contributed by atoms with Crippen molar-refractivity contribution in [3.8, 4) is 0 Å². The van der Waals surface area contributed by atoms with Crippen molar-refractivity contribution in [3.63, 3.8) is 0 Å². The van der Waals surface area contributed by atoms with Crippen molar-refractivity contribution in [1.82, 2.24) is 10.3 Å². The van der Waals surface area contributed by atoms with Crippen LogP contribution in [-0.2, 0) is 9.59 Å². The highest BCUT2D eigenvalue weighted by molar-refractivity contribution is 8.14. The van der Waals surface area contributed by atoms with Gasteiger partial charge in [-0.15, -0.1) is 0 Å². The number of rotatable bonds is 5. The molecule has 2 rings (SSSR count). The number of thioether (sulfide) groups is 1. The highest BCUT2D eigenvalue weighted by Crippen LogP contribution is 2.19. The Bertz CT molecular complexity index is 646. The maximum absolute atomic E-state index is 11.7. The van der Waals surface area contributed by atoms with Gasteiger partial charge in [0.15, 0.2) is 0 Å². The average Bonchev–Trinajstić information content (AvgIpc) is 2.84. The van der Waals surface area contributed by atoms with Gasteiger partial charge in [-0.2, -0.15) is 0 Å². The maximum Gasteiger partial charge on any atom is 0.216 e. The van der Waals surface area contributed by atoms with Gasteiger partial charge < -0.3 is 10.3 Å². The summed E-state index contributed by atoms with van der Waals surface area (Å²) in [5.74, 6) is 0.504. The number of carbonyl (C=O) groups is 2. The number of aromatic nitrogens is 1. The largest absolute Gasteiger partial charge is 0.361 e. The predicted molar refractivity (Wildman–Crippen MR) is 83.5 cm³/mol. The topological polar surface area (TPSA) is 62.0 Å². The molecule has 0 aliphatic carbocycles. The van der Waals surface area contributed by atoms with Crippen molar-refractivity contribution >= 4 is 39.8 Å². The zero-order chi connectivity index (χ0) is 14.4. The smallest absolute Gasteiger partial charge is 0.216 e. The summed E-state index contributed by atoms with van der Waals surface area (Å²) in [6.45, 7) is 1.97. The molecule has 2 aromatic rings. The summed E-state index contributed by atoms with van der Waals surface area (Å²) < 4.78 is 0. The first-order valence-corrected chi connectivity index (χ1v) is 7.31. The van der Waals surface area contributed by atoms with Crippen molar-refractivity contribution in [2.45, 2.75) is 6.92 Å². The molecule has 104 valence electrons. The van der Waals surface area contributed by atoms with E-state index in [-0.39, 0.29) is 11.0 Å². The second-order valence-electron chi connectivity index (χ2n) is 4.27. The third-order valence-electron chi connectivity index (χ3n) is 2.74. The first kappa shape index (κ1) is 14.4. The van der Waals surface area contributed by atoms with Crippen molar-refractivity contribution in [1.29, 1.82) is 0 Å². The molecule has 0 saturated carbocycles. The van der Waals surface area contributed by atoms with Crippen LogP contribution in [0.15, 0.2) is 36.5 Å². The van der Waals surface area contributed by atoms with Crippen LogP contribution in [0.25, 0.3) is 17.0 Å². The van der Waals surface area contributed by atoms with E-state index in [2.05, 4.69) is 10.3 Å². The number of nitrogens with one attached hydrogen (secondary N) is 2. The second kappa shape index (κ2) is 6.96. The highest BCUT2D eigenvalue weighted by Gasteiger charge is 2.01. The molecule has 1 aromatic carbocycles. The summed E-state index contributed by atoms with van der Waals surface area (Å²) >= 11 is 1.20. The molecular formula is C15H16N2O2S. The van der Waals surface area contributed by atoms with Gasteiger partial charge in [0, 0.05) is 36.3 Å². The molecular weight excluding hydrogens is 272 g/mol. The molecule has 0 saturated heterocycles. The number of carbonyl (C=O) groups excluding carboxylic acids is 2. The molecule has 0 aliphatic heterocycles. The Labute approximate surface area is 121 Å². The number of aromatic amines is 1. The number of amides is 1. The molecule has 0 fully saturated rings. The van der Waals surface area contributed by atoms with E-state index in [0.717, 1.165) is 16.5 Å². The molecule has 0 radical (unpaired) electrons. The molecule has 5 heteroatoms. The molecule has 0 bridgehead atoms. The predicted octanol–water partition coefficient (Wildman–Crippen LogP) is 2.58. The Morgan fingerprint density at radius 1 is 1.35 bits per heavy atom. The van der Waals surface area contributed by atoms with Crippen LogP contribution in [0, 0.1) is 0 Å². The first-order chi connectivity index (χ1) is 9.66. The van der Waals surface area contributed by atoms with Gasteiger partial charge in [-0.1, -0.05) is 30.0 Å². The molecule has 4 nitrogen and oxygen atoms in total. The Balaban J connectivity index is 1.89. The molecule has 20 heavy (non-hydrogen) atoms.